The number of carbonyl (C=O) groups excluding carboxylic acids is 1. The molecule has 1 N–H and O–H groups in total. The fraction of sp³-hybridized carbons (Fsp3) is 0.333. The maximum atomic E-state index is 14.7. The number of aromatic nitrogens is 4. The van der Waals surface area contributed by atoms with E-state index in [4.69, 9.17) is 0 Å². The van der Waals surface area contributed by atoms with Crippen molar-refractivity contribution in [2.45, 2.75) is 28.7 Å². The smallest absolute Gasteiger partial charge is 0.263 e. The molecule has 4 aromatic rings. The largest absolute Gasteiger partial charge is 0.302 e. The van der Waals surface area contributed by atoms with Gasteiger partial charge in [-0.1, -0.05) is 23.1 Å². The molecule has 0 bridgehead atoms. The zero-order valence-corrected chi connectivity index (χ0v) is 19.1. The molecule has 0 radical (unpaired) electrons. The normalized spacial score (nSPS) is 18.7. The van der Waals surface area contributed by atoms with Crippen LogP contribution in [0.25, 0.3) is 16.0 Å². The van der Waals surface area contributed by atoms with Crippen molar-refractivity contribution in [2.75, 3.05) is 25.5 Å². The van der Waals surface area contributed by atoms with E-state index in [0.717, 1.165) is 0 Å². The molecular weight excluding hydrogens is 473 g/mol. The Balaban J connectivity index is 1.32. The number of carbonyl (C=O) groups is 1. The summed E-state index contributed by atoms with van der Waals surface area (Å²) in [5.74, 6) is -4.39. The highest BCUT2D eigenvalue weighted by atomic mass is 32.2. The van der Waals surface area contributed by atoms with Crippen molar-refractivity contribution in [3.63, 3.8) is 0 Å². The maximum absolute atomic E-state index is 14.7. The number of benzene rings is 1. The van der Waals surface area contributed by atoms with Crippen LogP contribution in [0.3, 0.4) is 0 Å². The highest BCUT2D eigenvalue weighted by molar-refractivity contribution is 7.99. The number of anilines is 1. The summed E-state index contributed by atoms with van der Waals surface area (Å²) >= 11 is 2.37. The number of alkyl halides is 2. The van der Waals surface area contributed by atoms with Crippen molar-refractivity contribution in [1.82, 2.24) is 24.3 Å². The minimum absolute atomic E-state index is 0.251. The second-order valence-electron chi connectivity index (χ2n) is 7.99. The number of halogens is 3. The van der Waals surface area contributed by atoms with Crippen molar-refractivity contribution in [3.8, 4) is 0 Å². The average molecular weight is 493 g/mol. The highest BCUT2D eigenvalue weighted by Crippen LogP contribution is 2.37. The molecule has 33 heavy (non-hydrogen) atoms. The van der Waals surface area contributed by atoms with Crippen molar-refractivity contribution < 1.29 is 18.0 Å². The van der Waals surface area contributed by atoms with Crippen LogP contribution in [-0.2, 0) is 4.79 Å². The Morgan fingerprint density at radius 1 is 1.36 bits per heavy atom. The van der Waals surface area contributed by atoms with Gasteiger partial charge in [0.25, 0.3) is 5.92 Å². The molecule has 3 aromatic heterocycles. The van der Waals surface area contributed by atoms with E-state index >= 15 is 0 Å². The lowest BCUT2D eigenvalue weighted by Gasteiger charge is -2.36. The van der Waals surface area contributed by atoms with Gasteiger partial charge in [-0.25, -0.2) is 28.1 Å². The Kier molecular flexibility index (Phi) is 5.75. The summed E-state index contributed by atoms with van der Waals surface area (Å²) in [6.07, 6.45) is 5.01. The van der Waals surface area contributed by atoms with Crippen LogP contribution in [0.1, 0.15) is 12.8 Å². The summed E-state index contributed by atoms with van der Waals surface area (Å²) in [7, 11) is 1.64. The molecule has 1 saturated heterocycles. The number of thiazole rings is 1. The van der Waals surface area contributed by atoms with Crippen molar-refractivity contribution >= 4 is 50.1 Å². The minimum atomic E-state index is -2.92. The number of imidazole rings is 1. The number of hydrogen-bond acceptors (Lipinski definition) is 7. The van der Waals surface area contributed by atoms with E-state index in [1.165, 1.54) is 29.2 Å². The van der Waals surface area contributed by atoms with Crippen LogP contribution in [-0.4, -0.2) is 56.2 Å². The van der Waals surface area contributed by atoms with E-state index in [-0.39, 0.29) is 24.5 Å². The summed E-state index contributed by atoms with van der Waals surface area (Å²) < 4.78 is 45.6. The van der Waals surface area contributed by atoms with Gasteiger partial charge in [-0.3, -0.25) is 9.20 Å². The molecule has 1 atom stereocenters. The van der Waals surface area contributed by atoms with Crippen LogP contribution in [0.15, 0.2) is 46.7 Å². The molecule has 1 aliphatic heterocycles. The summed E-state index contributed by atoms with van der Waals surface area (Å²) in [5.41, 5.74) is 0.390. The van der Waals surface area contributed by atoms with E-state index in [0.29, 0.717) is 32.5 Å². The first-order valence-electron chi connectivity index (χ1n) is 10.2. The molecular formula is C21H19F3N6OS2. The van der Waals surface area contributed by atoms with Gasteiger partial charge in [-0.05, 0) is 32.1 Å². The number of nitrogens with zero attached hydrogens (tertiary/aromatic N) is 5. The van der Waals surface area contributed by atoms with Crippen LogP contribution < -0.4 is 5.32 Å². The number of nitrogens with one attached hydrogen (secondary N) is 1. The maximum Gasteiger partial charge on any atom is 0.263 e. The Morgan fingerprint density at radius 3 is 3.03 bits per heavy atom. The van der Waals surface area contributed by atoms with Gasteiger partial charge in [0.15, 0.2) is 5.13 Å². The second kappa shape index (κ2) is 8.58. The molecule has 0 spiro atoms. The number of hydrogen-bond donors (Lipinski definition) is 1. The fourth-order valence-electron chi connectivity index (χ4n) is 3.86. The Bertz CT molecular complexity index is 1340. The SMILES string of the molecule is CN1CCC(CC(=O)Nc2nc3cc(F)c(Sc4cnc5ncccn45)cc3s2)C(F)(F)C1. The minimum Gasteiger partial charge on any atom is -0.302 e. The Hall–Kier alpha value is -2.70. The topological polar surface area (TPSA) is 75.4 Å². The molecule has 5 rings (SSSR count). The Labute approximate surface area is 195 Å². The lowest BCUT2D eigenvalue weighted by Crippen LogP contribution is -2.47. The van der Waals surface area contributed by atoms with E-state index in [1.807, 2.05) is 0 Å². The van der Waals surface area contributed by atoms with Crippen LogP contribution in [0, 0.1) is 11.7 Å². The first-order chi connectivity index (χ1) is 15.8. The average Bonchev–Trinajstić information content (AvgIpc) is 3.33. The number of likely N-dealkylation sites (tertiary alicyclic amines) is 1. The summed E-state index contributed by atoms with van der Waals surface area (Å²) in [6.45, 7) is 0.172. The number of amides is 1. The molecule has 1 aliphatic rings. The van der Waals surface area contributed by atoms with E-state index in [9.17, 15) is 18.0 Å². The van der Waals surface area contributed by atoms with Gasteiger partial charge in [0.2, 0.25) is 11.7 Å². The zero-order valence-electron chi connectivity index (χ0n) is 17.5. The fourth-order valence-corrected chi connectivity index (χ4v) is 5.74. The van der Waals surface area contributed by atoms with Crippen LogP contribution in [0.2, 0.25) is 0 Å². The second-order valence-corrected chi connectivity index (χ2v) is 10.1. The van der Waals surface area contributed by atoms with Gasteiger partial charge >= 0.3 is 0 Å². The molecule has 172 valence electrons. The number of rotatable bonds is 5. The monoisotopic (exact) mass is 492 g/mol. The van der Waals surface area contributed by atoms with Gasteiger partial charge in [0, 0.05) is 30.8 Å². The van der Waals surface area contributed by atoms with Crippen molar-refractivity contribution in [2.24, 2.45) is 5.92 Å². The third kappa shape index (κ3) is 4.55. The summed E-state index contributed by atoms with van der Waals surface area (Å²) in [4.78, 5) is 27.0. The summed E-state index contributed by atoms with van der Waals surface area (Å²) in [5, 5.41) is 3.56. The van der Waals surface area contributed by atoms with Gasteiger partial charge in [-0.15, -0.1) is 0 Å². The third-order valence-corrected chi connectivity index (χ3v) is 7.50. The molecule has 0 saturated carbocycles. The summed E-state index contributed by atoms with van der Waals surface area (Å²) in [6, 6.07) is 4.72. The highest BCUT2D eigenvalue weighted by Gasteiger charge is 2.44. The molecule has 1 amide bonds. The van der Waals surface area contributed by atoms with Gasteiger partial charge in [0.05, 0.1) is 27.9 Å². The van der Waals surface area contributed by atoms with Crippen molar-refractivity contribution in [3.05, 3.63) is 42.6 Å². The van der Waals surface area contributed by atoms with E-state index in [2.05, 4.69) is 20.3 Å². The molecule has 0 aliphatic carbocycles. The lowest BCUT2D eigenvalue weighted by atomic mass is 9.90. The lowest BCUT2D eigenvalue weighted by molar-refractivity contribution is -0.130. The first kappa shape index (κ1) is 22.1. The standard InChI is InChI=1S/C21H19F3N6OS2/c1-29-6-3-12(21(23,24)11-29)7-17(31)28-20-27-14-8-13(22)15(9-16(14)33-20)32-18-10-26-19-25-4-2-5-30(18)19/h2,4-5,8-10,12H,3,6-7,11H2,1H3,(H,27,28,31). The number of piperidine rings is 1. The van der Waals surface area contributed by atoms with Crippen molar-refractivity contribution in [1.29, 1.82) is 0 Å². The molecule has 12 heteroatoms. The predicted octanol–water partition coefficient (Wildman–Crippen LogP) is 4.54. The van der Waals surface area contributed by atoms with Crippen LogP contribution in [0.5, 0.6) is 0 Å². The molecule has 1 fully saturated rings. The predicted molar refractivity (Wildman–Crippen MR) is 120 cm³/mol. The quantitative estimate of drug-likeness (QED) is 0.441. The van der Waals surface area contributed by atoms with Gasteiger partial charge in [0.1, 0.15) is 10.8 Å². The van der Waals surface area contributed by atoms with E-state index in [1.54, 1.807) is 47.1 Å². The first-order valence-corrected chi connectivity index (χ1v) is 11.8. The van der Waals surface area contributed by atoms with Crippen LogP contribution >= 0.6 is 23.1 Å². The van der Waals surface area contributed by atoms with Gasteiger partial charge in [-0.2, -0.15) is 0 Å². The number of fused-ring (bicyclic) bond motifs is 2. The third-order valence-electron chi connectivity index (χ3n) is 5.53. The zero-order chi connectivity index (χ0) is 23.2. The Morgan fingerprint density at radius 2 is 2.21 bits per heavy atom. The molecule has 4 heterocycles. The molecule has 1 aromatic carbocycles. The molecule has 7 nitrogen and oxygen atoms in total. The molecule has 1 unspecified atom stereocenters. The van der Waals surface area contributed by atoms with Crippen LogP contribution in [0.4, 0.5) is 18.3 Å². The van der Waals surface area contributed by atoms with E-state index < -0.39 is 23.6 Å². The van der Waals surface area contributed by atoms with Gasteiger partial charge < -0.3 is 10.2 Å².